The molecular weight excluding hydrogens is 242 g/mol. The van der Waals surface area contributed by atoms with Crippen LogP contribution in [0, 0.1) is 5.92 Å². The molecule has 0 bridgehead atoms. The van der Waals surface area contributed by atoms with E-state index in [0.29, 0.717) is 23.9 Å². The predicted molar refractivity (Wildman–Crippen MR) is 75.7 cm³/mol. The average molecular weight is 267 g/mol. The summed E-state index contributed by atoms with van der Waals surface area (Å²) in [6, 6.07) is 0. The highest BCUT2D eigenvalue weighted by Crippen LogP contribution is 2.24. The quantitative estimate of drug-likeness (QED) is 0.664. The van der Waals surface area contributed by atoms with Crippen molar-refractivity contribution in [2.75, 3.05) is 33.4 Å². The zero-order valence-corrected chi connectivity index (χ0v) is 12.4. The van der Waals surface area contributed by atoms with E-state index in [1.165, 1.54) is 7.11 Å². The van der Waals surface area contributed by atoms with Crippen molar-refractivity contribution < 1.29 is 14.3 Å². The maximum atomic E-state index is 11.7. The molecule has 1 aliphatic rings. The van der Waals surface area contributed by atoms with Crippen molar-refractivity contribution in [1.82, 2.24) is 4.90 Å². The molecule has 0 heterocycles. The molecule has 1 atom stereocenters. The standard InChI is InChI=1S/C15H25NO3/c1-5-16(6-2)9-10-19-14-11-12(3)7-8-13(14)15(17)18-4/h8,11-12H,5-7,9-10H2,1-4H3. The first-order valence-corrected chi connectivity index (χ1v) is 6.98. The molecule has 0 amide bonds. The number of methoxy groups -OCH3 is 1. The second-order valence-electron chi connectivity index (χ2n) is 4.73. The van der Waals surface area contributed by atoms with Gasteiger partial charge in [-0.3, -0.25) is 0 Å². The third kappa shape index (κ3) is 4.71. The molecule has 19 heavy (non-hydrogen) atoms. The third-order valence-corrected chi connectivity index (χ3v) is 3.36. The van der Waals surface area contributed by atoms with Crippen LogP contribution in [0.3, 0.4) is 0 Å². The molecule has 1 unspecified atom stereocenters. The average Bonchev–Trinajstić information content (AvgIpc) is 2.43. The Kier molecular flexibility index (Phi) is 6.64. The number of hydrogen-bond acceptors (Lipinski definition) is 4. The normalized spacial score (nSPS) is 18.9. The van der Waals surface area contributed by atoms with E-state index in [-0.39, 0.29) is 5.97 Å². The van der Waals surface area contributed by atoms with E-state index in [1.54, 1.807) is 0 Å². The van der Waals surface area contributed by atoms with Gasteiger partial charge in [-0.25, -0.2) is 4.79 Å². The van der Waals surface area contributed by atoms with Crippen LogP contribution in [0.1, 0.15) is 27.2 Å². The molecule has 0 saturated carbocycles. The SMILES string of the molecule is CCN(CC)CCOC1=CC(C)CC=C1C(=O)OC. The molecule has 0 spiro atoms. The summed E-state index contributed by atoms with van der Waals surface area (Å²) < 4.78 is 10.6. The molecule has 0 aromatic carbocycles. The minimum atomic E-state index is -0.319. The Morgan fingerprint density at radius 1 is 1.42 bits per heavy atom. The van der Waals surface area contributed by atoms with Crippen LogP contribution in [0.2, 0.25) is 0 Å². The number of carbonyl (C=O) groups excluding carboxylic acids is 1. The predicted octanol–water partition coefficient (Wildman–Crippen LogP) is 2.37. The van der Waals surface area contributed by atoms with E-state index in [4.69, 9.17) is 9.47 Å². The summed E-state index contributed by atoms with van der Waals surface area (Å²) in [5.74, 6) is 0.746. The van der Waals surface area contributed by atoms with E-state index in [9.17, 15) is 4.79 Å². The lowest BCUT2D eigenvalue weighted by molar-refractivity contribution is -0.136. The minimum Gasteiger partial charge on any atom is -0.492 e. The van der Waals surface area contributed by atoms with E-state index >= 15 is 0 Å². The van der Waals surface area contributed by atoms with Gasteiger partial charge in [0.15, 0.2) is 0 Å². The van der Waals surface area contributed by atoms with E-state index in [1.807, 2.05) is 12.2 Å². The van der Waals surface area contributed by atoms with Gasteiger partial charge in [-0.15, -0.1) is 0 Å². The Balaban J connectivity index is 2.57. The highest BCUT2D eigenvalue weighted by Gasteiger charge is 2.21. The second-order valence-corrected chi connectivity index (χ2v) is 4.73. The number of rotatable bonds is 7. The van der Waals surface area contributed by atoms with Gasteiger partial charge in [-0.1, -0.05) is 26.8 Å². The molecule has 0 aromatic heterocycles. The molecule has 1 rings (SSSR count). The first-order chi connectivity index (χ1) is 9.12. The van der Waals surface area contributed by atoms with Gasteiger partial charge in [0, 0.05) is 6.54 Å². The molecule has 4 nitrogen and oxygen atoms in total. The van der Waals surface area contributed by atoms with Crippen LogP contribution in [-0.2, 0) is 14.3 Å². The number of allylic oxidation sites excluding steroid dienone is 2. The Morgan fingerprint density at radius 3 is 2.68 bits per heavy atom. The van der Waals surface area contributed by atoms with E-state index < -0.39 is 0 Å². The number of likely N-dealkylation sites (N-methyl/N-ethyl adjacent to an activating group) is 1. The third-order valence-electron chi connectivity index (χ3n) is 3.36. The van der Waals surface area contributed by atoms with Crippen LogP contribution in [0.25, 0.3) is 0 Å². The largest absolute Gasteiger partial charge is 0.492 e. The van der Waals surface area contributed by atoms with Gasteiger partial charge in [-0.05, 0) is 31.5 Å². The molecule has 0 N–H and O–H groups in total. The molecule has 108 valence electrons. The van der Waals surface area contributed by atoms with Gasteiger partial charge in [0.2, 0.25) is 0 Å². The Labute approximate surface area is 116 Å². The van der Waals surface area contributed by atoms with Crippen molar-refractivity contribution in [3.8, 4) is 0 Å². The minimum absolute atomic E-state index is 0.319. The van der Waals surface area contributed by atoms with Crippen molar-refractivity contribution in [1.29, 1.82) is 0 Å². The first kappa shape index (κ1) is 15.8. The molecule has 0 radical (unpaired) electrons. The summed E-state index contributed by atoms with van der Waals surface area (Å²) in [4.78, 5) is 14.0. The molecule has 0 aliphatic heterocycles. The van der Waals surface area contributed by atoms with Gasteiger partial charge in [0.05, 0.1) is 12.7 Å². The van der Waals surface area contributed by atoms with Crippen molar-refractivity contribution in [2.24, 2.45) is 5.92 Å². The van der Waals surface area contributed by atoms with Crippen LogP contribution < -0.4 is 0 Å². The fraction of sp³-hybridized carbons (Fsp3) is 0.667. The van der Waals surface area contributed by atoms with Crippen LogP contribution in [-0.4, -0.2) is 44.2 Å². The summed E-state index contributed by atoms with van der Waals surface area (Å²) in [5.41, 5.74) is 0.556. The molecular formula is C15H25NO3. The van der Waals surface area contributed by atoms with Crippen molar-refractivity contribution >= 4 is 5.97 Å². The molecule has 0 fully saturated rings. The Morgan fingerprint density at radius 2 is 2.11 bits per heavy atom. The van der Waals surface area contributed by atoms with E-state index in [0.717, 1.165) is 26.1 Å². The van der Waals surface area contributed by atoms with Crippen LogP contribution in [0.15, 0.2) is 23.5 Å². The topological polar surface area (TPSA) is 38.8 Å². The molecule has 0 saturated heterocycles. The highest BCUT2D eigenvalue weighted by molar-refractivity contribution is 5.92. The lowest BCUT2D eigenvalue weighted by Crippen LogP contribution is -2.27. The number of nitrogens with zero attached hydrogens (tertiary/aromatic N) is 1. The summed E-state index contributed by atoms with van der Waals surface area (Å²) in [7, 11) is 1.40. The van der Waals surface area contributed by atoms with Crippen molar-refractivity contribution in [3.05, 3.63) is 23.5 Å². The lowest BCUT2D eigenvalue weighted by atomic mass is 9.97. The fourth-order valence-corrected chi connectivity index (χ4v) is 2.06. The fourth-order valence-electron chi connectivity index (χ4n) is 2.06. The van der Waals surface area contributed by atoms with Gasteiger partial charge in [0.1, 0.15) is 12.4 Å². The first-order valence-electron chi connectivity index (χ1n) is 6.98. The van der Waals surface area contributed by atoms with Crippen LogP contribution in [0.5, 0.6) is 0 Å². The van der Waals surface area contributed by atoms with Gasteiger partial charge in [-0.2, -0.15) is 0 Å². The number of ether oxygens (including phenoxy) is 2. The monoisotopic (exact) mass is 267 g/mol. The van der Waals surface area contributed by atoms with Gasteiger partial charge >= 0.3 is 5.97 Å². The summed E-state index contributed by atoms with van der Waals surface area (Å²) in [5, 5.41) is 0. The molecule has 1 aliphatic carbocycles. The Bertz CT molecular complexity index is 356. The summed E-state index contributed by atoms with van der Waals surface area (Å²) in [6.45, 7) is 9.85. The molecule has 4 heteroatoms. The van der Waals surface area contributed by atoms with Crippen molar-refractivity contribution in [3.63, 3.8) is 0 Å². The van der Waals surface area contributed by atoms with Crippen LogP contribution >= 0.6 is 0 Å². The maximum Gasteiger partial charge on any atom is 0.341 e. The number of hydrogen-bond donors (Lipinski definition) is 0. The van der Waals surface area contributed by atoms with E-state index in [2.05, 4.69) is 25.7 Å². The smallest absolute Gasteiger partial charge is 0.341 e. The maximum absolute atomic E-state index is 11.7. The lowest BCUT2D eigenvalue weighted by Gasteiger charge is -2.22. The molecule has 0 aromatic rings. The summed E-state index contributed by atoms with van der Waals surface area (Å²) in [6.07, 6.45) is 4.77. The number of esters is 1. The van der Waals surface area contributed by atoms with Crippen LogP contribution in [0.4, 0.5) is 0 Å². The summed E-state index contributed by atoms with van der Waals surface area (Å²) >= 11 is 0. The second kappa shape index (κ2) is 8.00. The van der Waals surface area contributed by atoms with Gasteiger partial charge < -0.3 is 14.4 Å². The Hall–Kier alpha value is -1.29. The highest BCUT2D eigenvalue weighted by atomic mass is 16.5. The zero-order valence-electron chi connectivity index (χ0n) is 12.4. The number of carbonyl (C=O) groups is 1. The zero-order chi connectivity index (χ0) is 14.3. The van der Waals surface area contributed by atoms with Crippen molar-refractivity contribution in [2.45, 2.75) is 27.2 Å². The van der Waals surface area contributed by atoms with Gasteiger partial charge in [0.25, 0.3) is 0 Å².